The van der Waals surface area contributed by atoms with Gasteiger partial charge in [-0.15, -0.1) is 0 Å². The van der Waals surface area contributed by atoms with Crippen molar-refractivity contribution in [2.24, 2.45) is 5.92 Å². The fraction of sp³-hybridized carbons (Fsp3) is 0.500. The molecule has 1 N–H and O–H groups in total. The Kier molecular flexibility index (Phi) is 3.28. The van der Waals surface area contributed by atoms with Crippen LogP contribution >= 0.6 is 0 Å². The number of rotatable bonds is 3. The molecule has 2 atom stereocenters. The molecule has 0 amide bonds. The van der Waals surface area contributed by atoms with E-state index in [0.717, 1.165) is 25.1 Å². The van der Waals surface area contributed by atoms with Crippen molar-refractivity contribution in [1.29, 1.82) is 0 Å². The predicted octanol–water partition coefficient (Wildman–Crippen LogP) is 3.20. The topological polar surface area (TPSA) is 29.1 Å². The summed E-state index contributed by atoms with van der Waals surface area (Å²) >= 11 is 0. The summed E-state index contributed by atoms with van der Waals surface area (Å²) in [5.41, 5.74) is 2.31. The molecule has 86 valence electrons. The van der Waals surface area contributed by atoms with Crippen LogP contribution in [-0.4, -0.2) is 12.3 Å². The maximum atomic E-state index is 12.3. The highest BCUT2D eigenvalue weighted by atomic mass is 16.1. The van der Waals surface area contributed by atoms with Gasteiger partial charge in [-0.25, -0.2) is 0 Å². The minimum Gasteiger partial charge on any atom is -0.385 e. The Labute approximate surface area is 97.1 Å². The largest absolute Gasteiger partial charge is 0.385 e. The van der Waals surface area contributed by atoms with E-state index in [9.17, 15) is 4.79 Å². The number of fused-ring (bicyclic) bond motifs is 1. The highest BCUT2D eigenvalue weighted by molar-refractivity contribution is 5.89. The zero-order valence-electron chi connectivity index (χ0n) is 9.99. The van der Waals surface area contributed by atoms with Gasteiger partial charge < -0.3 is 5.32 Å². The molecule has 0 radical (unpaired) electrons. The molecule has 0 fully saturated rings. The zero-order valence-corrected chi connectivity index (χ0v) is 9.99. The first-order chi connectivity index (χ1) is 7.74. The lowest BCUT2D eigenvalue weighted by Gasteiger charge is -2.27. The summed E-state index contributed by atoms with van der Waals surface area (Å²) in [5, 5.41) is 3.35. The molecule has 0 bridgehead atoms. The van der Waals surface area contributed by atoms with Crippen LogP contribution in [0, 0.1) is 5.92 Å². The smallest absolute Gasteiger partial charge is 0.143 e. The van der Waals surface area contributed by atoms with Crippen molar-refractivity contribution in [1.82, 2.24) is 0 Å². The van der Waals surface area contributed by atoms with Crippen molar-refractivity contribution in [3.05, 3.63) is 29.8 Å². The van der Waals surface area contributed by atoms with Gasteiger partial charge >= 0.3 is 0 Å². The van der Waals surface area contributed by atoms with E-state index >= 15 is 0 Å². The molecule has 0 spiro atoms. The van der Waals surface area contributed by atoms with E-state index in [4.69, 9.17) is 0 Å². The average molecular weight is 217 g/mol. The number of anilines is 1. The van der Waals surface area contributed by atoms with Crippen molar-refractivity contribution >= 4 is 11.5 Å². The Morgan fingerprint density at radius 2 is 2.25 bits per heavy atom. The fourth-order valence-electron chi connectivity index (χ4n) is 2.31. The summed E-state index contributed by atoms with van der Waals surface area (Å²) in [5.74, 6) is 0.681. The Morgan fingerprint density at radius 3 is 3.00 bits per heavy atom. The van der Waals surface area contributed by atoms with E-state index in [1.807, 2.05) is 19.1 Å². The zero-order chi connectivity index (χ0) is 11.5. The molecule has 1 aromatic carbocycles. The standard InChI is InChI=1S/C14H19NO/c1-3-10(2)14(16)12-8-9-15-13-7-5-4-6-11(12)13/h4-7,10,12,15H,3,8-9H2,1-2H3. The third-order valence-corrected chi connectivity index (χ3v) is 3.53. The van der Waals surface area contributed by atoms with Crippen molar-refractivity contribution in [3.63, 3.8) is 0 Å². The number of ketones is 1. The number of Topliss-reactive ketones (excluding diaryl/α,β-unsaturated/α-hetero) is 1. The van der Waals surface area contributed by atoms with Gasteiger partial charge in [0.25, 0.3) is 0 Å². The maximum Gasteiger partial charge on any atom is 0.143 e. The van der Waals surface area contributed by atoms with Crippen LogP contribution in [0.1, 0.15) is 38.2 Å². The highest BCUT2D eigenvalue weighted by Gasteiger charge is 2.28. The van der Waals surface area contributed by atoms with E-state index < -0.39 is 0 Å². The molecule has 1 aliphatic rings. The van der Waals surface area contributed by atoms with E-state index in [1.54, 1.807) is 0 Å². The molecule has 1 heterocycles. The summed E-state index contributed by atoms with van der Waals surface area (Å²) in [6.07, 6.45) is 1.87. The molecular weight excluding hydrogens is 198 g/mol. The van der Waals surface area contributed by atoms with Gasteiger partial charge in [-0.2, -0.15) is 0 Å². The van der Waals surface area contributed by atoms with Crippen molar-refractivity contribution < 1.29 is 4.79 Å². The average Bonchev–Trinajstić information content (AvgIpc) is 2.36. The second-order valence-electron chi connectivity index (χ2n) is 4.57. The van der Waals surface area contributed by atoms with Crippen LogP contribution in [0.25, 0.3) is 0 Å². The Morgan fingerprint density at radius 1 is 1.50 bits per heavy atom. The first kappa shape index (κ1) is 11.2. The van der Waals surface area contributed by atoms with Gasteiger partial charge in [-0.3, -0.25) is 4.79 Å². The van der Waals surface area contributed by atoms with Gasteiger partial charge in [0.05, 0.1) is 0 Å². The van der Waals surface area contributed by atoms with Crippen LogP contribution < -0.4 is 5.32 Å². The van der Waals surface area contributed by atoms with Crippen molar-refractivity contribution in [3.8, 4) is 0 Å². The molecule has 2 nitrogen and oxygen atoms in total. The molecule has 2 heteroatoms. The fourth-order valence-corrected chi connectivity index (χ4v) is 2.31. The SMILES string of the molecule is CCC(C)C(=O)C1CCNc2ccccc21. The monoisotopic (exact) mass is 217 g/mol. The molecule has 2 rings (SSSR count). The molecule has 2 unspecified atom stereocenters. The summed E-state index contributed by atoms with van der Waals surface area (Å²) in [7, 11) is 0. The van der Waals surface area contributed by atoms with Crippen molar-refractivity contribution in [2.75, 3.05) is 11.9 Å². The lowest BCUT2D eigenvalue weighted by atomic mass is 9.82. The molecule has 1 aliphatic heterocycles. The van der Waals surface area contributed by atoms with Gasteiger partial charge in [0.15, 0.2) is 0 Å². The van der Waals surface area contributed by atoms with Gasteiger partial charge in [0.1, 0.15) is 5.78 Å². The molecule has 0 saturated carbocycles. The highest BCUT2D eigenvalue weighted by Crippen LogP contribution is 2.33. The molecule has 0 aliphatic carbocycles. The number of hydrogen-bond acceptors (Lipinski definition) is 2. The van der Waals surface area contributed by atoms with Crippen LogP contribution in [0.3, 0.4) is 0 Å². The minimum absolute atomic E-state index is 0.104. The normalized spacial score (nSPS) is 20.8. The van der Waals surface area contributed by atoms with Gasteiger partial charge in [0.2, 0.25) is 0 Å². The molecule has 16 heavy (non-hydrogen) atoms. The first-order valence-electron chi connectivity index (χ1n) is 6.10. The van der Waals surface area contributed by atoms with Crippen LogP contribution in [-0.2, 0) is 4.79 Å². The van der Waals surface area contributed by atoms with E-state index in [2.05, 4.69) is 24.4 Å². The first-order valence-corrected chi connectivity index (χ1v) is 6.10. The molecule has 0 aromatic heterocycles. The van der Waals surface area contributed by atoms with Crippen molar-refractivity contribution in [2.45, 2.75) is 32.6 Å². The number of carbonyl (C=O) groups is 1. The number of hydrogen-bond donors (Lipinski definition) is 1. The minimum atomic E-state index is 0.104. The quantitative estimate of drug-likeness (QED) is 0.842. The lowest BCUT2D eigenvalue weighted by molar-refractivity contribution is -0.124. The van der Waals surface area contributed by atoms with E-state index in [1.165, 1.54) is 5.56 Å². The molecule has 0 saturated heterocycles. The van der Waals surface area contributed by atoms with Gasteiger partial charge in [-0.1, -0.05) is 32.0 Å². The second kappa shape index (κ2) is 4.69. The van der Waals surface area contributed by atoms with E-state index in [-0.39, 0.29) is 11.8 Å². The number of para-hydroxylation sites is 1. The van der Waals surface area contributed by atoms with E-state index in [0.29, 0.717) is 5.78 Å². The van der Waals surface area contributed by atoms with Crippen LogP contribution in [0.5, 0.6) is 0 Å². The molecular formula is C14H19NO. The summed E-state index contributed by atoms with van der Waals surface area (Å²) in [6.45, 7) is 5.02. The summed E-state index contributed by atoms with van der Waals surface area (Å²) in [6, 6.07) is 8.17. The van der Waals surface area contributed by atoms with Gasteiger partial charge in [-0.05, 0) is 24.5 Å². The third kappa shape index (κ3) is 1.97. The number of nitrogens with one attached hydrogen (secondary N) is 1. The summed E-state index contributed by atoms with van der Waals surface area (Å²) < 4.78 is 0. The third-order valence-electron chi connectivity index (χ3n) is 3.53. The summed E-state index contributed by atoms with van der Waals surface area (Å²) in [4.78, 5) is 12.3. The Balaban J connectivity index is 2.28. The number of benzene rings is 1. The van der Waals surface area contributed by atoms with Crippen LogP contribution in [0.15, 0.2) is 24.3 Å². The predicted molar refractivity (Wildman–Crippen MR) is 66.8 cm³/mol. The number of carbonyl (C=O) groups excluding carboxylic acids is 1. The van der Waals surface area contributed by atoms with Crippen LogP contribution in [0.2, 0.25) is 0 Å². The molecule has 1 aromatic rings. The second-order valence-corrected chi connectivity index (χ2v) is 4.57. The Bertz CT molecular complexity index is 386. The Hall–Kier alpha value is -1.31. The maximum absolute atomic E-state index is 12.3. The van der Waals surface area contributed by atoms with Crippen LogP contribution in [0.4, 0.5) is 5.69 Å². The lowest BCUT2D eigenvalue weighted by Crippen LogP contribution is -2.26. The van der Waals surface area contributed by atoms with Gasteiger partial charge in [0, 0.05) is 24.1 Å².